The quantitative estimate of drug-likeness (QED) is 0.621. The van der Waals surface area contributed by atoms with E-state index in [1.807, 2.05) is 54.6 Å². The second-order valence-corrected chi connectivity index (χ2v) is 7.66. The molecule has 0 bridgehead atoms. The Bertz CT molecular complexity index is 833. The zero-order valence-corrected chi connectivity index (χ0v) is 17.3. The summed E-state index contributed by atoms with van der Waals surface area (Å²) in [5, 5.41) is 12.6. The molecule has 3 rings (SSSR count). The molecule has 2 aromatic carbocycles. The van der Waals surface area contributed by atoms with E-state index >= 15 is 0 Å². The van der Waals surface area contributed by atoms with Crippen LogP contribution in [0.3, 0.4) is 0 Å². The molecule has 0 radical (unpaired) electrons. The van der Waals surface area contributed by atoms with E-state index in [4.69, 9.17) is 10.5 Å². The van der Waals surface area contributed by atoms with Gasteiger partial charge in [0.15, 0.2) is 0 Å². The number of rotatable bonds is 9. The van der Waals surface area contributed by atoms with Crippen molar-refractivity contribution in [3.8, 4) is 17.6 Å². The Morgan fingerprint density at radius 1 is 1.17 bits per heavy atom. The fourth-order valence-electron chi connectivity index (χ4n) is 3.65. The van der Waals surface area contributed by atoms with E-state index < -0.39 is 6.04 Å². The zero-order valence-electron chi connectivity index (χ0n) is 17.3. The van der Waals surface area contributed by atoms with Crippen LogP contribution in [-0.2, 0) is 11.3 Å². The van der Waals surface area contributed by atoms with Crippen LogP contribution in [0.1, 0.15) is 37.7 Å². The van der Waals surface area contributed by atoms with Gasteiger partial charge < -0.3 is 20.7 Å². The predicted octanol–water partition coefficient (Wildman–Crippen LogP) is 3.58. The number of benzene rings is 2. The summed E-state index contributed by atoms with van der Waals surface area (Å²) >= 11 is 0. The first-order chi connectivity index (χ1) is 14.7. The average Bonchev–Trinajstić information content (AvgIpc) is 2.80. The molecule has 1 saturated heterocycles. The molecule has 2 unspecified atom stereocenters. The number of para-hydroxylation sites is 1. The Balaban J connectivity index is 1.34. The molecule has 1 aliphatic heterocycles. The van der Waals surface area contributed by atoms with Gasteiger partial charge in [0.2, 0.25) is 5.91 Å². The number of carbonyl (C=O) groups is 1. The molecule has 1 heterocycles. The summed E-state index contributed by atoms with van der Waals surface area (Å²) in [5.74, 6) is 1.54. The van der Waals surface area contributed by atoms with E-state index in [0.29, 0.717) is 13.0 Å². The van der Waals surface area contributed by atoms with E-state index in [1.54, 1.807) is 4.90 Å². The summed E-state index contributed by atoms with van der Waals surface area (Å²) in [7, 11) is 0. The molecule has 6 heteroatoms. The Morgan fingerprint density at radius 2 is 1.90 bits per heavy atom. The van der Waals surface area contributed by atoms with Crippen LogP contribution in [0.25, 0.3) is 0 Å². The average molecular weight is 407 g/mol. The summed E-state index contributed by atoms with van der Waals surface area (Å²) in [4.78, 5) is 14.2. The molecule has 0 spiro atoms. The molecule has 2 atom stereocenters. The summed E-state index contributed by atoms with van der Waals surface area (Å²) < 4.78 is 5.80. The van der Waals surface area contributed by atoms with Crippen molar-refractivity contribution < 1.29 is 9.53 Å². The van der Waals surface area contributed by atoms with E-state index in [2.05, 4.69) is 11.4 Å². The van der Waals surface area contributed by atoms with Crippen molar-refractivity contribution in [3.05, 3.63) is 60.2 Å². The van der Waals surface area contributed by atoms with Gasteiger partial charge in [-0.2, -0.15) is 5.26 Å². The highest BCUT2D eigenvalue weighted by Crippen LogP contribution is 2.21. The molecule has 0 aliphatic carbocycles. The van der Waals surface area contributed by atoms with Gasteiger partial charge in [-0.1, -0.05) is 30.3 Å². The van der Waals surface area contributed by atoms with E-state index in [0.717, 1.165) is 50.3 Å². The maximum atomic E-state index is 12.5. The lowest BCUT2D eigenvalue weighted by Gasteiger charge is -2.33. The van der Waals surface area contributed by atoms with E-state index in [1.165, 1.54) is 5.56 Å². The van der Waals surface area contributed by atoms with Crippen LogP contribution in [0.2, 0.25) is 0 Å². The first kappa shape index (κ1) is 21.8. The third-order valence-electron chi connectivity index (χ3n) is 5.35. The van der Waals surface area contributed by atoms with Crippen LogP contribution < -0.4 is 15.8 Å². The number of hydrogen-bond donors (Lipinski definition) is 2. The summed E-state index contributed by atoms with van der Waals surface area (Å²) in [6.45, 7) is 2.18. The van der Waals surface area contributed by atoms with Gasteiger partial charge in [0.25, 0.3) is 0 Å². The summed E-state index contributed by atoms with van der Waals surface area (Å²) in [5.41, 5.74) is 7.26. The molecule has 158 valence electrons. The molecule has 1 aliphatic rings. The molecular weight excluding hydrogens is 376 g/mol. The van der Waals surface area contributed by atoms with Crippen molar-refractivity contribution in [1.82, 2.24) is 10.2 Å². The van der Waals surface area contributed by atoms with Crippen LogP contribution in [0.15, 0.2) is 54.6 Å². The topological polar surface area (TPSA) is 91.4 Å². The third kappa shape index (κ3) is 6.31. The van der Waals surface area contributed by atoms with Crippen LogP contribution >= 0.6 is 0 Å². The predicted molar refractivity (Wildman–Crippen MR) is 117 cm³/mol. The normalized spacial score (nSPS) is 17.2. The van der Waals surface area contributed by atoms with E-state index in [9.17, 15) is 10.1 Å². The fourth-order valence-corrected chi connectivity index (χ4v) is 3.65. The van der Waals surface area contributed by atoms with Gasteiger partial charge in [-0.3, -0.25) is 4.79 Å². The van der Waals surface area contributed by atoms with Gasteiger partial charge in [0, 0.05) is 13.1 Å². The van der Waals surface area contributed by atoms with Crippen molar-refractivity contribution in [2.24, 2.45) is 5.73 Å². The Kier molecular flexibility index (Phi) is 8.25. The molecule has 0 aromatic heterocycles. The minimum absolute atomic E-state index is 0.0877. The lowest BCUT2D eigenvalue weighted by Crippen LogP contribution is -2.50. The van der Waals surface area contributed by atoms with Gasteiger partial charge in [0.05, 0.1) is 12.1 Å². The second-order valence-electron chi connectivity index (χ2n) is 7.66. The molecule has 6 nitrogen and oxygen atoms in total. The monoisotopic (exact) mass is 406 g/mol. The van der Waals surface area contributed by atoms with E-state index in [-0.39, 0.29) is 11.9 Å². The lowest BCUT2D eigenvalue weighted by molar-refractivity contribution is -0.135. The number of nitriles is 1. The molecule has 30 heavy (non-hydrogen) atoms. The first-order valence-electron chi connectivity index (χ1n) is 10.7. The number of nitrogens with two attached hydrogens (primary N) is 1. The van der Waals surface area contributed by atoms with Crippen molar-refractivity contribution >= 4 is 5.91 Å². The highest BCUT2D eigenvalue weighted by molar-refractivity contribution is 5.82. The minimum Gasteiger partial charge on any atom is -0.457 e. The SMILES string of the molecule is N#CC1CCCCN1C(=O)C(N)CCCNCc1ccc(Oc2ccccc2)cc1. The number of ether oxygens (including phenoxy) is 1. The lowest BCUT2D eigenvalue weighted by atomic mass is 10.0. The van der Waals surface area contributed by atoms with Crippen LogP contribution in [-0.4, -0.2) is 36.0 Å². The zero-order chi connectivity index (χ0) is 21.2. The Morgan fingerprint density at radius 3 is 2.63 bits per heavy atom. The molecule has 1 amide bonds. The number of piperidine rings is 1. The fraction of sp³-hybridized carbons (Fsp3) is 0.417. The number of hydrogen-bond acceptors (Lipinski definition) is 5. The van der Waals surface area contributed by atoms with Crippen molar-refractivity contribution in [3.63, 3.8) is 0 Å². The number of amides is 1. The molecular formula is C24H30N4O2. The standard InChI is InChI=1S/C24H30N4O2/c25-17-20-7-4-5-16-28(20)24(29)23(26)10-6-15-27-18-19-11-13-22(14-12-19)30-21-8-2-1-3-9-21/h1-3,8-9,11-14,20,23,27H,4-7,10,15-16,18,26H2. The van der Waals surface area contributed by atoms with Gasteiger partial charge >= 0.3 is 0 Å². The number of nitrogens with one attached hydrogen (secondary N) is 1. The molecule has 2 aromatic rings. The van der Waals surface area contributed by atoms with Gasteiger partial charge in [-0.25, -0.2) is 0 Å². The number of likely N-dealkylation sites (tertiary alicyclic amines) is 1. The van der Waals surface area contributed by atoms with Crippen LogP contribution in [0.5, 0.6) is 11.5 Å². The highest BCUT2D eigenvalue weighted by Gasteiger charge is 2.29. The van der Waals surface area contributed by atoms with Gasteiger partial charge in [-0.05, 0) is 68.5 Å². The Hall–Kier alpha value is -2.88. The maximum absolute atomic E-state index is 12.5. The van der Waals surface area contributed by atoms with Crippen LogP contribution in [0, 0.1) is 11.3 Å². The third-order valence-corrected chi connectivity index (χ3v) is 5.35. The van der Waals surface area contributed by atoms with Crippen molar-refractivity contribution in [1.29, 1.82) is 5.26 Å². The summed E-state index contributed by atoms with van der Waals surface area (Å²) in [6, 6.07) is 19.1. The van der Waals surface area contributed by atoms with Crippen LogP contribution in [0.4, 0.5) is 0 Å². The largest absolute Gasteiger partial charge is 0.457 e. The highest BCUT2D eigenvalue weighted by atomic mass is 16.5. The Labute approximate surface area is 178 Å². The molecule has 0 saturated carbocycles. The van der Waals surface area contributed by atoms with Gasteiger partial charge in [0.1, 0.15) is 17.5 Å². The van der Waals surface area contributed by atoms with Gasteiger partial charge in [-0.15, -0.1) is 0 Å². The first-order valence-corrected chi connectivity index (χ1v) is 10.7. The minimum atomic E-state index is -0.532. The number of carbonyl (C=O) groups excluding carboxylic acids is 1. The van der Waals surface area contributed by atoms with Crippen molar-refractivity contribution in [2.75, 3.05) is 13.1 Å². The van der Waals surface area contributed by atoms with Crippen molar-refractivity contribution in [2.45, 2.75) is 50.7 Å². The smallest absolute Gasteiger partial charge is 0.240 e. The molecule has 3 N–H and O–H groups in total. The maximum Gasteiger partial charge on any atom is 0.240 e. The number of nitrogens with zero attached hydrogens (tertiary/aromatic N) is 2. The second kappa shape index (κ2) is 11.3. The molecule has 1 fully saturated rings. The summed E-state index contributed by atoms with van der Waals surface area (Å²) in [6.07, 6.45) is 4.14.